The Bertz CT molecular complexity index is 1180. The van der Waals surface area contributed by atoms with Crippen molar-refractivity contribution < 1.29 is 23.5 Å². The Morgan fingerprint density at radius 2 is 1.79 bits per heavy atom. The van der Waals surface area contributed by atoms with E-state index in [1.54, 1.807) is 24.5 Å². The van der Waals surface area contributed by atoms with Crippen LogP contribution < -0.4 is 0 Å². The number of Topliss-reactive ketones (excluding diaryl/α,β-unsaturated/α-hetero) is 1. The zero-order valence-electron chi connectivity index (χ0n) is 19.4. The van der Waals surface area contributed by atoms with Crippen LogP contribution in [0.1, 0.15) is 50.7 Å². The molecule has 1 saturated heterocycles. The van der Waals surface area contributed by atoms with Gasteiger partial charge in [0.05, 0.1) is 24.1 Å². The largest absolute Gasteiger partial charge is 0.467 e. The molecule has 0 bridgehead atoms. The Kier molecular flexibility index (Phi) is 7.57. The molecule has 0 N–H and O–H groups in total. The van der Waals surface area contributed by atoms with Gasteiger partial charge in [0.15, 0.2) is 6.61 Å². The topological polar surface area (TPSA) is 81.8 Å². The molecule has 0 radical (unpaired) electrons. The number of hydrogen-bond donors (Lipinski definition) is 0. The van der Waals surface area contributed by atoms with Gasteiger partial charge in [-0.2, -0.15) is 0 Å². The summed E-state index contributed by atoms with van der Waals surface area (Å²) in [7, 11) is 0. The van der Waals surface area contributed by atoms with E-state index in [0.29, 0.717) is 22.6 Å². The third-order valence-electron chi connectivity index (χ3n) is 6.02. The molecule has 3 heterocycles. The Labute approximate surface area is 203 Å². The molecule has 34 heavy (non-hydrogen) atoms. The SMILES string of the molecule is Cc1cc(C(=O)COC(=O)c2ccccc2SCC(=O)N2CCCC2)c(C)n1Cc1ccco1. The van der Waals surface area contributed by atoms with Crippen LogP contribution in [-0.2, 0) is 16.1 Å². The first-order chi connectivity index (χ1) is 16.4. The molecule has 8 heteroatoms. The van der Waals surface area contributed by atoms with Gasteiger partial charge in [0, 0.05) is 34.9 Å². The standard InChI is InChI=1S/C26H28N2O5S/c1-18-14-22(19(2)28(18)15-20-8-7-13-32-20)23(29)16-33-26(31)21-9-3-4-10-24(21)34-17-25(30)27-11-5-6-12-27/h3-4,7-10,13-14H,5-6,11-12,15-17H2,1-2H3. The Balaban J connectivity index is 1.37. The van der Waals surface area contributed by atoms with Gasteiger partial charge in [0.2, 0.25) is 11.7 Å². The summed E-state index contributed by atoms with van der Waals surface area (Å²) in [6.07, 6.45) is 3.70. The fourth-order valence-electron chi connectivity index (χ4n) is 4.13. The smallest absolute Gasteiger partial charge is 0.339 e. The molecule has 7 nitrogen and oxygen atoms in total. The minimum atomic E-state index is -0.575. The van der Waals surface area contributed by atoms with E-state index < -0.39 is 5.97 Å². The average molecular weight is 481 g/mol. The van der Waals surface area contributed by atoms with E-state index >= 15 is 0 Å². The summed E-state index contributed by atoms with van der Waals surface area (Å²) in [5, 5.41) is 0. The molecule has 0 spiro atoms. The van der Waals surface area contributed by atoms with Crippen molar-refractivity contribution in [2.75, 3.05) is 25.4 Å². The van der Waals surface area contributed by atoms with Crippen LogP contribution in [0.5, 0.6) is 0 Å². The van der Waals surface area contributed by atoms with Crippen LogP contribution in [0.15, 0.2) is 58.0 Å². The number of rotatable bonds is 9. The lowest BCUT2D eigenvalue weighted by Gasteiger charge is -2.15. The number of aromatic nitrogens is 1. The molecule has 3 aromatic rings. The predicted octanol–water partition coefficient (Wildman–Crippen LogP) is 4.50. The van der Waals surface area contributed by atoms with Gasteiger partial charge in [-0.15, -0.1) is 11.8 Å². The molecule has 0 saturated carbocycles. The van der Waals surface area contributed by atoms with Crippen LogP contribution in [0.3, 0.4) is 0 Å². The van der Waals surface area contributed by atoms with Crippen molar-refractivity contribution in [3.05, 3.63) is 77.0 Å². The second kappa shape index (κ2) is 10.8. The lowest BCUT2D eigenvalue weighted by Crippen LogP contribution is -2.29. The van der Waals surface area contributed by atoms with Crippen molar-refractivity contribution in [1.82, 2.24) is 9.47 Å². The number of likely N-dealkylation sites (tertiary alicyclic amines) is 1. The fraction of sp³-hybridized carbons (Fsp3) is 0.346. The Morgan fingerprint density at radius 3 is 2.53 bits per heavy atom. The molecule has 1 aromatic carbocycles. The zero-order chi connectivity index (χ0) is 24.1. The lowest BCUT2D eigenvalue weighted by molar-refractivity contribution is -0.127. The molecule has 1 fully saturated rings. The number of ketones is 1. The summed E-state index contributed by atoms with van der Waals surface area (Å²) in [6.45, 7) is 5.57. The molecular weight excluding hydrogens is 452 g/mol. The van der Waals surface area contributed by atoms with Crippen LogP contribution in [0.4, 0.5) is 0 Å². The highest BCUT2D eigenvalue weighted by Gasteiger charge is 2.21. The number of hydrogen-bond acceptors (Lipinski definition) is 6. The number of amides is 1. The van der Waals surface area contributed by atoms with E-state index in [9.17, 15) is 14.4 Å². The quantitative estimate of drug-likeness (QED) is 0.255. The van der Waals surface area contributed by atoms with Gasteiger partial charge in [-0.25, -0.2) is 4.79 Å². The van der Waals surface area contributed by atoms with Gasteiger partial charge in [-0.1, -0.05) is 12.1 Å². The van der Waals surface area contributed by atoms with E-state index in [0.717, 1.165) is 43.1 Å². The first-order valence-corrected chi connectivity index (χ1v) is 12.3. The molecule has 4 rings (SSSR count). The molecule has 0 atom stereocenters. The lowest BCUT2D eigenvalue weighted by atomic mass is 10.1. The van der Waals surface area contributed by atoms with Crippen molar-refractivity contribution in [1.29, 1.82) is 0 Å². The maximum Gasteiger partial charge on any atom is 0.339 e. The summed E-state index contributed by atoms with van der Waals surface area (Å²) < 4.78 is 12.8. The minimum absolute atomic E-state index is 0.0748. The van der Waals surface area contributed by atoms with E-state index in [1.165, 1.54) is 11.8 Å². The fourth-order valence-corrected chi connectivity index (χ4v) is 5.07. The van der Waals surface area contributed by atoms with Crippen LogP contribution in [0, 0.1) is 13.8 Å². The first kappa shape index (κ1) is 23.9. The number of carbonyl (C=O) groups is 3. The van der Waals surface area contributed by atoms with E-state index in [2.05, 4.69) is 0 Å². The molecule has 2 aromatic heterocycles. The molecule has 0 unspecified atom stereocenters. The van der Waals surface area contributed by atoms with Gasteiger partial charge < -0.3 is 18.6 Å². The van der Waals surface area contributed by atoms with Crippen LogP contribution in [0.25, 0.3) is 0 Å². The number of ether oxygens (including phenoxy) is 1. The summed E-state index contributed by atoms with van der Waals surface area (Å²) >= 11 is 1.32. The van der Waals surface area contributed by atoms with Crippen LogP contribution in [-0.4, -0.2) is 52.6 Å². The van der Waals surface area contributed by atoms with Crippen LogP contribution in [0.2, 0.25) is 0 Å². The zero-order valence-corrected chi connectivity index (χ0v) is 20.2. The molecule has 178 valence electrons. The van der Waals surface area contributed by atoms with E-state index in [4.69, 9.17) is 9.15 Å². The second-order valence-electron chi connectivity index (χ2n) is 8.32. The van der Waals surface area contributed by atoms with Gasteiger partial charge in [-0.3, -0.25) is 9.59 Å². The van der Waals surface area contributed by atoms with Gasteiger partial charge in [0.1, 0.15) is 5.76 Å². The number of aryl methyl sites for hydroxylation is 1. The molecular formula is C26H28N2O5S. The van der Waals surface area contributed by atoms with E-state index in [1.807, 2.05) is 47.6 Å². The monoisotopic (exact) mass is 480 g/mol. The number of benzene rings is 1. The normalized spacial score (nSPS) is 13.3. The average Bonchev–Trinajstić information content (AvgIpc) is 3.61. The third-order valence-corrected chi connectivity index (χ3v) is 7.08. The summed E-state index contributed by atoms with van der Waals surface area (Å²) in [6, 6.07) is 12.5. The Hall–Kier alpha value is -3.26. The number of thioether (sulfide) groups is 1. The highest BCUT2D eigenvalue weighted by molar-refractivity contribution is 8.00. The summed E-state index contributed by atoms with van der Waals surface area (Å²) in [5.74, 6) is 0.302. The first-order valence-electron chi connectivity index (χ1n) is 11.3. The molecule has 0 aliphatic carbocycles. The molecule has 1 aliphatic heterocycles. The molecule has 1 aliphatic rings. The van der Waals surface area contributed by atoms with Crippen molar-refractivity contribution in [3.8, 4) is 0 Å². The highest BCUT2D eigenvalue weighted by atomic mass is 32.2. The van der Waals surface area contributed by atoms with Crippen molar-refractivity contribution in [3.63, 3.8) is 0 Å². The van der Waals surface area contributed by atoms with E-state index in [-0.39, 0.29) is 24.1 Å². The van der Waals surface area contributed by atoms with Crippen molar-refractivity contribution in [2.24, 2.45) is 0 Å². The van der Waals surface area contributed by atoms with Gasteiger partial charge >= 0.3 is 5.97 Å². The third kappa shape index (κ3) is 5.44. The number of esters is 1. The highest BCUT2D eigenvalue weighted by Crippen LogP contribution is 2.25. The van der Waals surface area contributed by atoms with Gasteiger partial charge in [-0.05, 0) is 57.0 Å². The minimum Gasteiger partial charge on any atom is -0.467 e. The maximum atomic E-state index is 12.8. The van der Waals surface area contributed by atoms with Crippen molar-refractivity contribution in [2.45, 2.75) is 38.1 Å². The molecule has 1 amide bonds. The van der Waals surface area contributed by atoms with Gasteiger partial charge in [0.25, 0.3) is 0 Å². The predicted molar refractivity (Wildman–Crippen MR) is 129 cm³/mol. The summed E-state index contributed by atoms with van der Waals surface area (Å²) in [5.41, 5.74) is 2.60. The number of carbonyl (C=O) groups excluding carboxylic acids is 3. The van der Waals surface area contributed by atoms with Crippen molar-refractivity contribution >= 4 is 29.4 Å². The second-order valence-corrected chi connectivity index (χ2v) is 9.34. The summed E-state index contributed by atoms with van der Waals surface area (Å²) in [4.78, 5) is 40.5. The maximum absolute atomic E-state index is 12.8. The van der Waals surface area contributed by atoms with Crippen LogP contribution >= 0.6 is 11.8 Å². The Morgan fingerprint density at radius 1 is 1.03 bits per heavy atom. The number of furan rings is 1. The number of nitrogens with zero attached hydrogens (tertiary/aromatic N) is 2.